The van der Waals surface area contributed by atoms with Crippen LogP contribution in [0.4, 0.5) is 0 Å². The predicted octanol–water partition coefficient (Wildman–Crippen LogP) is 1.68. The molecule has 0 bridgehead atoms. The van der Waals surface area contributed by atoms with Crippen LogP contribution in [0.15, 0.2) is 23.3 Å². The van der Waals surface area contributed by atoms with Gasteiger partial charge < -0.3 is 19.5 Å². The van der Waals surface area contributed by atoms with Gasteiger partial charge in [-0.1, -0.05) is 0 Å². The zero-order valence-corrected chi connectivity index (χ0v) is 13.6. The molecule has 1 aliphatic heterocycles. The zero-order chi connectivity index (χ0) is 15.8. The lowest BCUT2D eigenvalue weighted by atomic mass is 10.2. The highest BCUT2D eigenvalue weighted by Crippen LogP contribution is 2.26. The molecule has 7 heteroatoms. The van der Waals surface area contributed by atoms with Gasteiger partial charge in [0.1, 0.15) is 0 Å². The summed E-state index contributed by atoms with van der Waals surface area (Å²) in [6.45, 7) is 1.54. The van der Waals surface area contributed by atoms with Crippen LogP contribution >= 0.6 is 12.2 Å². The van der Waals surface area contributed by atoms with Crippen LogP contribution in [0.5, 0.6) is 11.5 Å². The van der Waals surface area contributed by atoms with Crippen molar-refractivity contribution in [1.29, 1.82) is 0 Å². The number of hydrazone groups is 1. The molecular weight excluding hydrogens is 302 g/mol. The summed E-state index contributed by atoms with van der Waals surface area (Å²) < 4.78 is 15.9. The van der Waals surface area contributed by atoms with Crippen LogP contribution in [-0.2, 0) is 4.74 Å². The monoisotopic (exact) mass is 323 g/mol. The molecule has 1 heterocycles. The Balaban J connectivity index is 1.79. The molecule has 120 valence electrons. The van der Waals surface area contributed by atoms with E-state index >= 15 is 0 Å². The first kappa shape index (κ1) is 16.5. The topological polar surface area (TPSA) is 64.1 Å². The minimum absolute atomic E-state index is 0.245. The highest BCUT2D eigenvalue weighted by atomic mass is 32.1. The molecule has 2 N–H and O–H groups in total. The van der Waals surface area contributed by atoms with E-state index in [0.29, 0.717) is 23.2 Å². The Morgan fingerprint density at radius 1 is 1.41 bits per heavy atom. The number of benzene rings is 1. The van der Waals surface area contributed by atoms with Gasteiger partial charge in [0.15, 0.2) is 16.6 Å². The quantitative estimate of drug-likeness (QED) is 0.472. The summed E-state index contributed by atoms with van der Waals surface area (Å²) in [6, 6.07) is 5.55. The maximum absolute atomic E-state index is 5.51. The number of thiocarbonyl (C=S) groups is 1. The molecule has 22 heavy (non-hydrogen) atoms. The molecule has 1 fully saturated rings. The van der Waals surface area contributed by atoms with Gasteiger partial charge in [-0.25, -0.2) is 0 Å². The van der Waals surface area contributed by atoms with E-state index in [0.717, 1.165) is 25.0 Å². The van der Waals surface area contributed by atoms with Crippen molar-refractivity contribution < 1.29 is 14.2 Å². The Bertz CT molecular complexity index is 531. The van der Waals surface area contributed by atoms with Crippen LogP contribution in [0.3, 0.4) is 0 Å². The van der Waals surface area contributed by atoms with Crippen LogP contribution in [-0.4, -0.2) is 44.8 Å². The lowest BCUT2D eigenvalue weighted by Crippen LogP contribution is -2.37. The van der Waals surface area contributed by atoms with Gasteiger partial charge in [-0.05, 0) is 48.8 Å². The van der Waals surface area contributed by atoms with Gasteiger partial charge in [0.05, 0.1) is 26.5 Å². The third-order valence-electron chi connectivity index (χ3n) is 3.30. The van der Waals surface area contributed by atoms with E-state index in [1.54, 1.807) is 20.4 Å². The smallest absolute Gasteiger partial charge is 0.187 e. The van der Waals surface area contributed by atoms with Gasteiger partial charge in [-0.15, -0.1) is 0 Å². The molecule has 0 aliphatic carbocycles. The summed E-state index contributed by atoms with van der Waals surface area (Å²) in [5.41, 5.74) is 3.66. The molecule has 0 spiro atoms. The number of ether oxygens (including phenoxy) is 3. The van der Waals surface area contributed by atoms with E-state index in [-0.39, 0.29) is 6.10 Å². The van der Waals surface area contributed by atoms with Crippen LogP contribution in [0.1, 0.15) is 18.4 Å². The summed E-state index contributed by atoms with van der Waals surface area (Å²) >= 11 is 5.16. The maximum atomic E-state index is 5.51. The molecule has 1 saturated heterocycles. The molecular formula is C15H21N3O3S. The van der Waals surface area contributed by atoms with Gasteiger partial charge in [-0.3, -0.25) is 5.43 Å². The lowest BCUT2D eigenvalue weighted by Gasteiger charge is -2.11. The van der Waals surface area contributed by atoms with Gasteiger partial charge >= 0.3 is 0 Å². The minimum Gasteiger partial charge on any atom is -0.493 e. The van der Waals surface area contributed by atoms with E-state index in [1.165, 1.54) is 0 Å². The molecule has 0 radical (unpaired) electrons. The molecule has 1 aromatic rings. The summed E-state index contributed by atoms with van der Waals surface area (Å²) in [5, 5.41) is 7.67. The molecule has 0 amide bonds. The van der Waals surface area contributed by atoms with E-state index < -0.39 is 0 Å². The molecule has 0 aromatic heterocycles. The third-order valence-corrected chi connectivity index (χ3v) is 3.54. The minimum atomic E-state index is 0.245. The second-order valence-corrected chi connectivity index (χ2v) is 5.24. The lowest BCUT2D eigenvalue weighted by molar-refractivity contribution is 0.114. The van der Waals surface area contributed by atoms with E-state index in [1.807, 2.05) is 18.2 Å². The number of hydrogen-bond donors (Lipinski definition) is 2. The van der Waals surface area contributed by atoms with Crippen molar-refractivity contribution in [3.05, 3.63) is 23.8 Å². The molecule has 0 saturated carbocycles. The fraction of sp³-hybridized carbons (Fsp3) is 0.467. The number of nitrogens with zero attached hydrogens (tertiary/aromatic N) is 1. The number of methoxy groups -OCH3 is 2. The fourth-order valence-corrected chi connectivity index (χ4v) is 2.29. The number of rotatable bonds is 6. The standard InChI is InChI=1S/C15H21N3O3S/c1-19-13-6-5-11(8-14(13)20-2)9-17-18-15(22)16-10-12-4-3-7-21-12/h5-6,8-9,12H,3-4,7,10H2,1-2H3,(H2,16,18,22)/b17-9-/t12-/m1/s1. The molecule has 1 aliphatic rings. The maximum Gasteiger partial charge on any atom is 0.187 e. The molecule has 2 rings (SSSR count). The highest BCUT2D eigenvalue weighted by Gasteiger charge is 2.14. The summed E-state index contributed by atoms with van der Waals surface area (Å²) in [7, 11) is 3.20. The van der Waals surface area contributed by atoms with Crippen molar-refractivity contribution in [2.45, 2.75) is 18.9 Å². The normalized spacial score (nSPS) is 17.5. The number of hydrogen-bond acceptors (Lipinski definition) is 5. The van der Waals surface area contributed by atoms with Crippen LogP contribution in [0.2, 0.25) is 0 Å². The van der Waals surface area contributed by atoms with Crippen molar-refractivity contribution in [3.63, 3.8) is 0 Å². The van der Waals surface area contributed by atoms with Gasteiger partial charge in [0, 0.05) is 13.2 Å². The van der Waals surface area contributed by atoms with E-state index in [4.69, 9.17) is 26.4 Å². The molecule has 1 atom stereocenters. The van der Waals surface area contributed by atoms with Crippen molar-refractivity contribution in [1.82, 2.24) is 10.7 Å². The molecule has 6 nitrogen and oxygen atoms in total. The first-order valence-corrected chi connectivity index (χ1v) is 7.54. The van der Waals surface area contributed by atoms with Crippen molar-refractivity contribution in [2.24, 2.45) is 5.10 Å². The van der Waals surface area contributed by atoms with Crippen molar-refractivity contribution >= 4 is 23.5 Å². The van der Waals surface area contributed by atoms with Crippen LogP contribution in [0.25, 0.3) is 0 Å². The predicted molar refractivity (Wildman–Crippen MR) is 89.9 cm³/mol. The SMILES string of the molecule is COc1ccc(/C=N\NC(=S)NC[C@H]2CCCO2)cc1OC. The Morgan fingerprint density at radius 3 is 2.91 bits per heavy atom. The summed E-state index contributed by atoms with van der Waals surface area (Å²) in [5.74, 6) is 1.34. The van der Waals surface area contributed by atoms with Crippen LogP contribution < -0.4 is 20.2 Å². The summed E-state index contributed by atoms with van der Waals surface area (Å²) in [6.07, 6.45) is 4.10. The van der Waals surface area contributed by atoms with E-state index in [2.05, 4.69) is 15.8 Å². The Hall–Kier alpha value is -1.86. The molecule has 0 unspecified atom stereocenters. The Labute approximate surface area is 135 Å². The second kappa shape index (κ2) is 8.55. The highest BCUT2D eigenvalue weighted by molar-refractivity contribution is 7.80. The van der Waals surface area contributed by atoms with Crippen LogP contribution in [0, 0.1) is 0 Å². The first-order valence-electron chi connectivity index (χ1n) is 7.13. The second-order valence-electron chi connectivity index (χ2n) is 4.83. The van der Waals surface area contributed by atoms with Crippen molar-refractivity contribution in [3.8, 4) is 11.5 Å². The molecule has 1 aromatic carbocycles. The van der Waals surface area contributed by atoms with E-state index in [9.17, 15) is 0 Å². The number of nitrogens with one attached hydrogen (secondary N) is 2. The Kier molecular flexibility index (Phi) is 6.42. The Morgan fingerprint density at radius 2 is 2.23 bits per heavy atom. The fourth-order valence-electron chi connectivity index (χ4n) is 2.15. The first-order chi connectivity index (χ1) is 10.7. The third kappa shape index (κ3) is 4.85. The average molecular weight is 323 g/mol. The van der Waals surface area contributed by atoms with Gasteiger partial charge in [-0.2, -0.15) is 5.10 Å². The summed E-state index contributed by atoms with van der Waals surface area (Å²) in [4.78, 5) is 0. The largest absolute Gasteiger partial charge is 0.493 e. The van der Waals surface area contributed by atoms with Gasteiger partial charge in [0.25, 0.3) is 0 Å². The zero-order valence-electron chi connectivity index (χ0n) is 12.8. The van der Waals surface area contributed by atoms with Crippen molar-refractivity contribution in [2.75, 3.05) is 27.4 Å². The average Bonchev–Trinajstić information content (AvgIpc) is 3.06. The van der Waals surface area contributed by atoms with Gasteiger partial charge in [0.2, 0.25) is 0 Å².